The van der Waals surface area contributed by atoms with Gasteiger partial charge in [-0.3, -0.25) is 80.4 Å². The lowest BCUT2D eigenvalue weighted by atomic mass is 10.0. The highest BCUT2D eigenvalue weighted by atomic mass is 31.2. The second kappa shape index (κ2) is 41.5. The maximum atomic E-state index is 15.0. The van der Waals surface area contributed by atoms with E-state index in [1.807, 2.05) is 0 Å². The zero-order valence-corrected chi connectivity index (χ0v) is 63.6. The first-order chi connectivity index (χ1) is 51.5. The Balaban J connectivity index is 1.00. The number of carbonyl (C=O) groups excluding carboxylic acids is 5. The number of nitrogens with one attached hydrogen (secondary N) is 5. The Bertz CT molecular complexity index is 3840. The number of fused-ring (bicyclic) bond motifs is 1. The quantitative estimate of drug-likeness (QED) is 0.0190. The lowest BCUT2D eigenvalue weighted by Crippen LogP contribution is -2.58. The maximum absolute atomic E-state index is 15.0. The molecule has 42 nitrogen and oxygen atoms in total. The number of ether oxygens (including phenoxy) is 4. The van der Waals surface area contributed by atoms with E-state index < -0.39 is 137 Å². The molecule has 0 spiro atoms. The SMILES string of the molecule is COc1ccc(C[C@H](NC(=O)[C@@H](CCCNC(C)=O)NC(=O)OC(C)(C)C)C(=O)NC2[C@@H](COP(=O)(O)O[C@@H]3C[C@H](n4ccc(N)nc4=O)O[C@@H]3COP(=O)(O)OCCCCCCNC(=O)CN3CCN(CC(=O)O)CCN(CC(=O)O)CCN(CC(=O)O)CC3)O[C@@H](n3cnc4c(N(C)C)ncnc43)[C@H]2O)cc1. The lowest BCUT2D eigenvalue weighted by Gasteiger charge is -2.32. The number of anilines is 2. The van der Waals surface area contributed by atoms with Crippen LogP contribution < -0.4 is 47.6 Å². The van der Waals surface area contributed by atoms with Crippen LogP contribution in [-0.2, 0) is 81.4 Å². The van der Waals surface area contributed by atoms with Crippen LogP contribution in [0.3, 0.4) is 0 Å². The van der Waals surface area contributed by atoms with E-state index in [1.165, 1.54) is 43.5 Å². The van der Waals surface area contributed by atoms with Crippen molar-refractivity contribution in [2.45, 2.75) is 140 Å². The number of nitrogen functional groups attached to an aromatic ring is 1. The van der Waals surface area contributed by atoms with Crippen LogP contribution in [0.15, 0.2) is 54.0 Å². The number of carboxylic acid groups (broad SMARTS) is 3. The van der Waals surface area contributed by atoms with Crippen molar-refractivity contribution < 1.29 is 115 Å². The van der Waals surface area contributed by atoms with Gasteiger partial charge in [-0.05, 0) is 70.2 Å². The Hall–Kier alpha value is -8.45. The van der Waals surface area contributed by atoms with Crippen LogP contribution in [0.2, 0.25) is 0 Å². The molecule has 6 heterocycles. The van der Waals surface area contributed by atoms with Crippen LogP contribution in [0.25, 0.3) is 11.2 Å². The number of aliphatic hydroxyl groups excluding tert-OH is 1. The zero-order chi connectivity index (χ0) is 79.8. The Morgan fingerprint density at radius 1 is 0.706 bits per heavy atom. The van der Waals surface area contributed by atoms with E-state index in [9.17, 15) is 82.5 Å². The molecular weight excluding hydrogens is 1480 g/mol. The highest BCUT2D eigenvalue weighted by Gasteiger charge is 2.49. The Kier molecular flexibility index (Phi) is 33.5. The number of phosphoric ester groups is 2. The average molecular weight is 1580 g/mol. The number of alkyl carbamates (subject to hydrolysis) is 1. The number of imidazole rings is 1. The molecule has 3 unspecified atom stereocenters. The molecule has 4 aromatic rings. The summed E-state index contributed by atoms with van der Waals surface area (Å²) in [6, 6.07) is 3.39. The van der Waals surface area contributed by atoms with Crippen molar-refractivity contribution >= 4 is 86.1 Å². The molecule has 0 bridgehead atoms. The number of nitrogens with two attached hydrogens (primary N) is 1. The molecule has 7 rings (SSSR count). The molecule has 3 aromatic heterocycles. The molecular formula is C65H101N17O25P2. The molecule has 606 valence electrons. The van der Waals surface area contributed by atoms with Gasteiger partial charge < -0.3 is 86.4 Å². The number of aliphatic hydroxyl groups is 1. The minimum absolute atomic E-state index is 0.0394. The number of hydrogen-bond acceptors (Lipinski definition) is 30. The number of carboxylic acids is 3. The molecule has 109 heavy (non-hydrogen) atoms. The number of amides is 5. The van der Waals surface area contributed by atoms with Gasteiger partial charge in [0.2, 0.25) is 23.6 Å². The predicted octanol–water partition coefficient (Wildman–Crippen LogP) is -0.905. The lowest BCUT2D eigenvalue weighted by molar-refractivity contribution is -0.140. The van der Waals surface area contributed by atoms with Gasteiger partial charge in [-0.15, -0.1) is 0 Å². The summed E-state index contributed by atoms with van der Waals surface area (Å²) in [6.07, 6.45) is -5.12. The molecule has 0 aliphatic carbocycles. The second-order valence-electron chi connectivity index (χ2n) is 27.4. The van der Waals surface area contributed by atoms with E-state index in [2.05, 4.69) is 46.5 Å². The number of benzene rings is 1. The monoisotopic (exact) mass is 1580 g/mol. The summed E-state index contributed by atoms with van der Waals surface area (Å²) < 4.78 is 75.2. The molecule has 44 heteroatoms. The summed E-state index contributed by atoms with van der Waals surface area (Å²) in [6.45, 7) is 5.26. The molecule has 3 fully saturated rings. The van der Waals surface area contributed by atoms with Crippen LogP contribution in [0.1, 0.15) is 90.7 Å². The molecule has 3 aliphatic heterocycles. The van der Waals surface area contributed by atoms with Crippen LogP contribution in [0.4, 0.5) is 16.4 Å². The largest absolute Gasteiger partial charge is 0.497 e. The normalized spacial score (nSPS) is 21.7. The van der Waals surface area contributed by atoms with Gasteiger partial charge in [0, 0.05) is 106 Å². The van der Waals surface area contributed by atoms with Gasteiger partial charge in [-0.25, -0.2) is 33.7 Å². The van der Waals surface area contributed by atoms with E-state index in [0.717, 1.165) is 4.57 Å². The molecule has 13 N–H and O–H groups in total. The summed E-state index contributed by atoms with van der Waals surface area (Å²) in [4.78, 5) is 163. The van der Waals surface area contributed by atoms with E-state index in [0.29, 0.717) is 36.4 Å². The molecule has 11 atom stereocenters. The number of nitrogens with zero attached hydrogens (tertiary/aromatic N) is 11. The van der Waals surface area contributed by atoms with Crippen molar-refractivity contribution in [3.8, 4) is 5.75 Å². The molecule has 3 aliphatic rings. The number of unbranched alkanes of at least 4 members (excludes halogenated alkanes) is 3. The molecule has 0 radical (unpaired) electrons. The van der Waals surface area contributed by atoms with Crippen LogP contribution >= 0.6 is 15.6 Å². The first-order valence-corrected chi connectivity index (χ1v) is 38.3. The Labute approximate surface area is 627 Å². The van der Waals surface area contributed by atoms with Gasteiger partial charge in [0.05, 0.1) is 65.5 Å². The van der Waals surface area contributed by atoms with Crippen LogP contribution in [-0.4, -0.2) is 307 Å². The van der Waals surface area contributed by atoms with Crippen molar-refractivity contribution in [1.82, 2.24) is 75.3 Å². The van der Waals surface area contributed by atoms with Gasteiger partial charge in [0.15, 0.2) is 23.2 Å². The molecule has 1 aromatic carbocycles. The van der Waals surface area contributed by atoms with E-state index in [4.69, 9.17) is 42.8 Å². The second-order valence-corrected chi connectivity index (χ2v) is 30.3. The minimum atomic E-state index is -5.42. The third kappa shape index (κ3) is 29.1. The van der Waals surface area contributed by atoms with Gasteiger partial charge in [-0.2, -0.15) is 4.98 Å². The summed E-state index contributed by atoms with van der Waals surface area (Å²) in [5.74, 6) is -5.00. The predicted molar refractivity (Wildman–Crippen MR) is 385 cm³/mol. The van der Waals surface area contributed by atoms with Crippen molar-refractivity contribution in [2.75, 3.05) is 143 Å². The third-order valence-corrected chi connectivity index (χ3v) is 19.4. The number of aliphatic carboxylic acids is 3. The molecule has 0 saturated carbocycles. The molecule has 3 saturated heterocycles. The number of hydrogen-bond donors (Lipinski definition) is 12. The minimum Gasteiger partial charge on any atom is -0.497 e. The average Bonchev–Trinajstić information content (AvgIpc) is 1.61. The van der Waals surface area contributed by atoms with E-state index >= 15 is 0 Å². The van der Waals surface area contributed by atoms with Crippen molar-refractivity contribution in [3.63, 3.8) is 0 Å². The number of rotatable bonds is 39. The highest BCUT2D eigenvalue weighted by molar-refractivity contribution is 7.47. The molecule has 5 amide bonds. The van der Waals surface area contributed by atoms with Crippen molar-refractivity contribution in [2.24, 2.45) is 0 Å². The van der Waals surface area contributed by atoms with Gasteiger partial charge >= 0.3 is 45.3 Å². The highest BCUT2D eigenvalue weighted by Crippen LogP contribution is 2.51. The fourth-order valence-corrected chi connectivity index (χ4v) is 13.8. The summed E-state index contributed by atoms with van der Waals surface area (Å²) in [5.41, 5.74) is 4.81. The number of aromatic nitrogens is 6. The summed E-state index contributed by atoms with van der Waals surface area (Å²) in [5, 5.41) is 54.4. The zero-order valence-electron chi connectivity index (χ0n) is 61.8. The topological polar surface area (TPSA) is 547 Å². The Morgan fingerprint density at radius 2 is 1.29 bits per heavy atom. The maximum Gasteiger partial charge on any atom is 0.472 e. The number of methoxy groups -OCH3 is 1. The first kappa shape index (κ1) is 87.8. The van der Waals surface area contributed by atoms with Crippen molar-refractivity contribution in [3.05, 3.63) is 65.2 Å². The van der Waals surface area contributed by atoms with Gasteiger partial charge in [0.25, 0.3) is 0 Å². The Morgan fingerprint density at radius 3 is 1.87 bits per heavy atom. The van der Waals surface area contributed by atoms with Crippen LogP contribution in [0, 0.1) is 0 Å². The number of carbonyl (C=O) groups is 8. The summed E-state index contributed by atoms with van der Waals surface area (Å²) >= 11 is 0. The fourth-order valence-electron chi connectivity index (χ4n) is 12.1. The standard InChI is InChI=1S/C65H101N17O25P2/c1-41(83)67-20-12-13-44(73-64(95)106-65(2,3)4)60(92)72-45(31-42-14-16-43(100-7)17-15-42)61(93)75-55-48(105-62(57(55)91)82-40-71-56-58(76(5)6)69-39-70-59(56)82)38-103-109(98,99)107-46-32-51(81-21-18-49(66)74-63(81)94)104-47(46)37-102-108(96,97)101-30-11-9-8-10-19-68-50(84)33-77-22-24-78(34-52(85)86)26-28-80(36-54(89)90)29-27-79(25-23-77)35-53(87)88/h14-18,21,39-40,44-48,51,55,57,62,91H,8-13,19-20,22-38H2,1-7H3,(H,67,83)(H,68,84)(H,72,92)(H,73,95)(H,75,93)(H,85,86)(H,87,88)(H,89,90)(H,96,97)(H,98,99)(H2,66,74,94)/t44-,45+,46-,47-,48-,51-,55?,57+,62-/m1/s1. The van der Waals surface area contributed by atoms with Crippen molar-refractivity contribution in [1.29, 1.82) is 0 Å². The summed E-state index contributed by atoms with van der Waals surface area (Å²) in [7, 11) is -5.47. The third-order valence-electron chi connectivity index (χ3n) is 17.4. The van der Waals surface area contributed by atoms with Gasteiger partial charge in [0.1, 0.15) is 66.2 Å². The smallest absolute Gasteiger partial charge is 0.472 e. The fraction of sp³-hybridized carbons (Fsp3) is 0.646. The van der Waals surface area contributed by atoms with Gasteiger partial charge in [-0.1, -0.05) is 25.0 Å². The first-order valence-electron chi connectivity index (χ1n) is 35.3. The van der Waals surface area contributed by atoms with E-state index in [-0.39, 0.29) is 153 Å². The van der Waals surface area contributed by atoms with E-state index in [1.54, 1.807) is 83.6 Å². The number of phosphoric acid groups is 2. The van der Waals surface area contributed by atoms with Crippen LogP contribution in [0.5, 0.6) is 5.75 Å².